The van der Waals surface area contributed by atoms with E-state index >= 15 is 0 Å². The molecule has 0 aliphatic carbocycles. The van der Waals surface area contributed by atoms with Gasteiger partial charge < -0.3 is 10.4 Å². The van der Waals surface area contributed by atoms with Gasteiger partial charge in [0.25, 0.3) is 0 Å². The van der Waals surface area contributed by atoms with E-state index in [1.54, 1.807) is 12.3 Å². The minimum absolute atomic E-state index is 0.127. The Bertz CT molecular complexity index is 831. The van der Waals surface area contributed by atoms with E-state index in [-0.39, 0.29) is 5.56 Å². The summed E-state index contributed by atoms with van der Waals surface area (Å²) in [7, 11) is 0. The van der Waals surface area contributed by atoms with Crippen molar-refractivity contribution in [1.29, 1.82) is 0 Å². The first-order valence-corrected chi connectivity index (χ1v) is 6.47. The number of carboxylic acids is 1. The molecule has 21 heavy (non-hydrogen) atoms. The van der Waals surface area contributed by atoms with Crippen LogP contribution in [0.4, 0.5) is 11.5 Å². The Morgan fingerprint density at radius 2 is 2.00 bits per heavy atom. The van der Waals surface area contributed by atoms with Gasteiger partial charge in [-0.1, -0.05) is 18.2 Å². The Morgan fingerprint density at radius 1 is 1.14 bits per heavy atom. The Balaban J connectivity index is 2.11. The number of fused-ring (bicyclic) bond motifs is 1. The molecule has 0 amide bonds. The van der Waals surface area contributed by atoms with E-state index < -0.39 is 5.97 Å². The molecule has 5 heteroatoms. The lowest BCUT2D eigenvalue weighted by molar-refractivity contribution is 0.0697. The van der Waals surface area contributed by atoms with Gasteiger partial charge in [0.2, 0.25) is 0 Å². The van der Waals surface area contributed by atoms with Gasteiger partial charge in [0.15, 0.2) is 0 Å². The molecule has 5 nitrogen and oxygen atoms in total. The molecule has 0 radical (unpaired) electrons. The highest BCUT2D eigenvalue weighted by Crippen LogP contribution is 2.25. The lowest BCUT2D eigenvalue weighted by Crippen LogP contribution is -2.05. The van der Waals surface area contributed by atoms with Crippen molar-refractivity contribution >= 4 is 28.4 Å². The molecule has 104 valence electrons. The summed E-state index contributed by atoms with van der Waals surface area (Å²) in [6, 6.07) is 12.8. The summed E-state index contributed by atoms with van der Waals surface area (Å²) >= 11 is 0. The maximum atomic E-state index is 11.2. The Hall–Kier alpha value is -2.95. The molecule has 0 saturated heterocycles. The fourth-order valence-corrected chi connectivity index (χ4v) is 2.15. The predicted molar refractivity (Wildman–Crippen MR) is 81.0 cm³/mol. The minimum Gasteiger partial charge on any atom is -0.478 e. The van der Waals surface area contributed by atoms with Gasteiger partial charge in [-0.3, -0.25) is 4.98 Å². The van der Waals surface area contributed by atoms with Crippen LogP contribution in [0.3, 0.4) is 0 Å². The highest BCUT2D eigenvalue weighted by Gasteiger charge is 2.12. The average Bonchev–Trinajstić information content (AvgIpc) is 2.48. The van der Waals surface area contributed by atoms with Gasteiger partial charge in [-0.2, -0.15) is 0 Å². The van der Waals surface area contributed by atoms with Crippen LogP contribution in [0.1, 0.15) is 16.1 Å². The molecule has 2 N–H and O–H groups in total. The molecular weight excluding hydrogens is 266 g/mol. The van der Waals surface area contributed by atoms with Crippen LogP contribution in [0, 0.1) is 6.92 Å². The summed E-state index contributed by atoms with van der Waals surface area (Å²) in [5, 5.41) is 13.3. The number of pyridine rings is 2. The average molecular weight is 279 g/mol. The molecule has 0 saturated carbocycles. The highest BCUT2D eigenvalue weighted by molar-refractivity contribution is 5.97. The molecule has 2 heterocycles. The van der Waals surface area contributed by atoms with E-state index in [0.29, 0.717) is 5.82 Å². The number of carbonyl (C=O) groups is 1. The number of benzene rings is 1. The van der Waals surface area contributed by atoms with Crippen molar-refractivity contribution < 1.29 is 9.90 Å². The molecule has 3 rings (SSSR count). The molecule has 0 bridgehead atoms. The van der Waals surface area contributed by atoms with Gasteiger partial charge in [-0.05, 0) is 31.2 Å². The number of anilines is 2. The van der Waals surface area contributed by atoms with Gasteiger partial charge >= 0.3 is 5.97 Å². The highest BCUT2D eigenvalue weighted by atomic mass is 16.4. The lowest BCUT2D eigenvalue weighted by Gasteiger charge is -2.10. The van der Waals surface area contributed by atoms with Crippen molar-refractivity contribution in [2.45, 2.75) is 6.92 Å². The molecule has 3 aromatic rings. The Kier molecular flexibility index (Phi) is 3.23. The molecule has 0 unspecified atom stereocenters. The maximum absolute atomic E-state index is 11.2. The zero-order valence-electron chi connectivity index (χ0n) is 11.4. The zero-order chi connectivity index (χ0) is 14.8. The molecular formula is C16H13N3O2. The second-order valence-corrected chi connectivity index (χ2v) is 4.66. The van der Waals surface area contributed by atoms with Crippen LogP contribution in [0.5, 0.6) is 0 Å². The number of aromatic carboxylic acids is 1. The number of aromatic nitrogens is 2. The second kappa shape index (κ2) is 5.20. The van der Waals surface area contributed by atoms with Crippen LogP contribution < -0.4 is 5.32 Å². The van der Waals surface area contributed by atoms with Crippen molar-refractivity contribution in [3.63, 3.8) is 0 Å². The molecule has 0 fully saturated rings. The number of hydrogen-bond donors (Lipinski definition) is 2. The molecule has 0 aliphatic heterocycles. The molecule has 0 atom stereocenters. The lowest BCUT2D eigenvalue weighted by atomic mass is 10.1. The predicted octanol–water partition coefficient (Wildman–Crippen LogP) is 3.38. The first kappa shape index (κ1) is 13.1. The number of carboxylic acid groups (broad SMARTS) is 1. The Labute approximate surface area is 121 Å². The maximum Gasteiger partial charge on any atom is 0.339 e. The fraction of sp³-hybridized carbons (Fsp3) is 0.0625. The van der Waals surface area contributed by atoms with Crippen molar-refractivity contribution in [2.24, 2.45) is 0 Å². The summed E-state index contributed by atoms with van der Waals surface area (Å²) < 4.78 is 0. The first-order chi connectivity index (χ1) is 10.1. The summed E-state index contributed by atoms with van der Waals surface area (Å²) in [6.07, 6.45) is 1.55. The van der Waals surface area contributed by atoms with E-state index in [4.69, 9.17) is 0 Å². The van der Waals surface area contributed by atoms with E-state index in [0.717, 1.165) is 22.3 Å². The summed E-state index contributed by atoms with van der Waals surface area (Å²) in [6.45, 7) is 1.92. The quantitative estimate of drug-likeness (QED) is 0.768. The van der Waals surface area contributed by atoms with Gasteiger partial charge in [-0.15, -0.1) is 0 Å². The largest absolute Gasteiger partial charge is 0.478 e. The van der Waals surface area contributed by atoms with Crippen LogP contribution in [-0.4, -0.2) is 21.0 Å². The number of para-hydroxylation sites is 1. The number of nitrogens with zero attached hydrogens (tertiary/aromatic N) is 2. The minimum atomic E-state index is -1.02. The van der Waals surface area contributed by atoms with Crippen LogP contribution in [0.2, 0.25) is 0 Å². The smallest absolute Gasteiger partial charge is 0.339 e. The van der Waals surface area contributed by atoms with Crippen LogP contribution >= 0.6 is 0 Å². The van der Waals surface area contributed by atoms with Gasteiger partial charge in [-0.25, -0.2) is 9.78 Å². The van der Waals surface area contributed by atoms with Crippen molar-refractivity contribution in [2.75, 3.05) is 5.32 Å². The number of rotatable bonds is 3. The van der Waals surface area contributed by atoms with Gasteiger partial charge in [0.05, 0.1) is 11.2 Å². The molecule has 2 aromatic heterocycles. The van der Waals surface area contributed by atoms with Crippen molar-refractivity contribution in [3.8, 4) is 0 Å². The van der Waals surface area contributed by atoms with Crippen LogP contribution in [0.15, 0.2) is 48.7 Å². The van der Waals surface area contributed by atoms with Crippen LogP contribution in [-0.2, 0) is 0 Å². The zero-order valence-corrected chi connectivity index (χ0v) is 11.4. The van der Waals surface area contributed by atoms with E-state index in [1.165, 1.54) is 6.07 Å². The Morgan fingerprint density at radius 3 is 2.81 bits per heavy atom. The van der Waals surface area contributed by atoms with E-state index in [2.05, 4.69) is 15.3 Å². The van der Waals surface area contributed by atoms with Crippen molar-refractivity contribution in [3.05, 3.63) is 59.9 Å². The number of hydrogen-bond acceptors (Lipinski definition) is 4. The third kappa shape index (κ3) is 2.53. The first-order valence-electron chi connectivity index (χ1n) is 6.47. The van der Waals surface area contributed by atoms with Crippen LogP contribution in [0.25, 0.3) is 10.9 Å². The van der Waals surface area contributed by atoms with Gasteiger partial charge in [0, 0.05) is 17.3 Å². The summed E-state index contributed by atoms with van der Waals surface area (Å²) in [4.78, 5) is 19.8. The fourth-order valence-electron chi connectivity index (χ4n) is 2.15. The van der Waals surface area contributed by atoms with Gasteiger partial charge in [0.1, 0.15) is 11.4 Å². The third-order valence-corrected chi connectivity index (χ3v) is 3.15. The standard InChI is InChI=1S/C16H13N3O2/c1-10-7-8-11-4-2-6-13(14(11)18-10)19-15-12(16(20)21)5-3-9-17-15/h2-9H,1H3,(H,17,19)(H,20,21). The number of aryl methyl sites for hydroxylation is 1. The monoisotopic (exact) mass is 279 g/mol. The summed E-state index contributed by atoms with van der Waals surface area (Å²) in [5.74, 6) is -0.712. The van der Waals surface area contributed by atoms with E-state index in [1.807, 2.05) is 37.3 Å². The second-order valence-electron chi connectivity index (χ2n) is 4.66. The van der Waals surface area contributed by atoms with Crippen molar-refractivity contribution in [1.82, 2.24) is 9.97 Å². The normalized spacial score (nSPS) is 10.5. The SMILES string of the molecule is Cc1ccc2cccc(Nc3ncccc3C(=O)O)c2n1. The van der Waals surface area contributed by atoms with E-state index in [9.17, 15) is 9.90 Å². The summed E-state index contributed by atoms with van der Waals surface area (Å²) in [5.41, 5.74) is 2.55. The number of nitrogens with one attached hydrogen (secondary N) is 1. The molecule has 0 spiro atoms. The molecule has 1 aromatic carbocycles. The molecule has 0 aliphatic rings. The third-order valence-electron chi connectivity index (χ3n) is 3.15. The topological polar surface area (TPSA) is 75.1 Å².